The first-order valence-electron chi connectivity index (χ1n) is 10.7. The molecule has 0 radical (unpaired) electrons. The summed E-state index contributed by atoms with van der Waals surface area (Å²) in [5, 5.41) is 9.95. The molecule has 0 spiro atoms. The van der Waals surface area contributed by atoms with Crippen LogP contribution in [0.25, 0.3) is 0 Å². The summed E-state index contributed by atoms with van der Waals surface area (Å²) in [6, 6.07) is 1.57. The highest BCUT2D eigenvalue weighted by Gasteiger charge is 2.29. The van der Waals surface area contributed by atoms with E-state index in [2.05, 4.69) is 25.7 Å². The lowest BCUT2D eigenvalue weighted by molar-refractivity contribution is -0.127. The van der Waals surface area contributed by atoms with Gasteiger partial charge >= 0.3 is 0 Å². The summed E-state index contributed by atoms with van der Waals surface area (Å²) >= 11 is 0. The number of nitrogens with zero attached hydrogens (tertiary/aromatic N) is 4. The van der Waals surface area contributed by atoms with E-state index >= 15 is 0 Å². The zero-order valence-electron chi connectivity index (χ0n) is 17.5. The third kappa shape index (κ3) is 6.18. The Morgan fingerprint density at radius 1 is 1.27 bits per heavy atom. The number of aromatic nitrogens is 1. The molecule has 11 heteroatoms. The van der Waals surface area contributed by atoms with Gasteiger partial charge in [0, 0.05) is 57.8 Å². The van der Waals surface area contributed by atoms with E-state index in [9.17, 15) is 13.2 Å². The third-order valence-electron chi connectivity index (χ3n) is 5.46. The smallest absolute Gasteiger partial charge is 0.223 e. The molecule has 10 nitrogen and oxygen atoms in total. The SMILES string of the molecule is CCNC(=NCCCNC(=O)C1CCC1)N1CCN(S(=O)(=O)Cc2ccon2)CC1. The molecule has 3 rings (SSSR count). The van der Waals surface area contributed by atoms with E-state index in [4.69, 9.17) is 4.52 Å². The summed E-state index contributed by atoms with van der Waals surface area (Å²) in [5.41, 5.74) is 0.414. The molecule has 1 aliphatic carbocycles. The number of guanidine groups is 1. The van der Waals surface area contributed by atoms with Crippen LogP contribution in [-0.2, 0) is 20.6 Å². The van der Waals surface area contributed by atoms with E-state index in [1.54, 1.807) is 6.07 Å². The van der Waals surface area contributed by atoms with E-state index in [0.717, 1.165) is 38.2 Å². The highest BCUT2D eigenvalue weighted by atomic mass is 32.2. The van der Waals surface area contributed by atoms with Crippen LogP contribution in [0, 0.1) is 5.92 Å². The summed E-state index contributed by atoms with van der Waals surface area (Å²) < 4.78 is 31.4. The van der Waals surface area contributed by atoms with Gasteiger partial charge in [-0.3, -0.25) is 9.79 Å². The summed E-state index contributed by atoms with van der Waals surface area (Å²) in [5.74, 6) is 1.02. The summed E-state index contributed by atoms with van der Waals surface area (Å²) in [6.07, 6.45) is 5.33. The average molecular weight is 441 g/mol. The monoisotopic (exact) mass is 440 g/mol. The zero-order valence-corrected chi connectivity index (χ0v) is 18.4. The normalized spacial score (nSPS) is 18.8. The van der Waals surface area contributed by atoms with Crippen molar-refractivity contribution < 1.29 is 17.7 Å². The molecule has 1 saturated heterocycles. The molecular formula is C19H32N6O4S. The van der Waals surface area contributed by atoms with E-state index < -0.39 is 10.0 Å². The molecule has 1 aromatic heterocycles. The highest BCUT2D eigenvalue weighted by Crippen LogP contribution is 2.26. The molecule has 30 heavy (non-hydrogen) atoms. The quantitative estimate of drug-likeness (QED) is 0.324. The topological polar surface area (TPSA) is 120 Å². The summed E-state index contributed by atoms with van der Waals surface area (Å²) in [6.45, 7) is 5.94. The fourth-order valence-electron chi connectivity index (χ4n) is 3.48. The first-order chi connectivity index (χ1) is 14.5. The lowest BCUT2D eigenvalue weighted by atomic mass is 9.85. The molecular weight excluding hydrogens is 408 g/mol. The van der Waals surface area contributed by atoms with Gasteiger partial charge in [-0.15, -0.1) is 0 Å². The molecule has 1 amide bonds. The molecule has 2 fully saturated rings. The molecule has 0 bridgehead atoms. The van der Waals surface area contributed by atoms with Gasteiger partial charge in [-0.1, -0.05) is 11.6 Å². The van der Waals surface area contributed by atoms with Gasteiger partial charge in [0.2, 0.25) is 15.9 Å². The van der Waals surface area contributed by atoms with Crippen LogP contribution < -0.4 is 10.6 Å². The van der Waals surface area contributed by atoms with E-state index in [1.807, 2.05) is 6.92 Å². The van der Waals surface area contributed by atoms with Gasteiger partial charge in [-0.25, -0.2) is 8.42 Å². The predicted octanol–water partition coefficient (Wildman–Crippen LogP) is 0.394. The van der Waals surface area contributed by atoms with Crippen molar-refractivity contribution in [2.75, 3.05) is 45.8 Å². The van der Waals surface area contributed by atoms with Crippen LogP contribution in [0.2, 0.25) is 0 Å². The number of rotatable bonds is 9. The average Bonchev–Trinajstić information content (AvgIpc) is 3.18. The minimum Gasteiger partial charge on any atom is -0.364 e. The number of carbonyl (C=O) groups is 1. The van der Waals surface area contributed by atoms with Crippen LogP contribution >= 0.6 is 0 Å². The molecule has 1 aliphatic heterocycles. The lowest BCUT2D eigenvalue weighted by Gasteiger charge is -2.35. The lowest BCUT2D eigenvalue weighted by Crippen LogP contribution is -2.54. The van der Waals surface area contributed by atoms with Crippen LogP contribution in [0.4, 0.5) is 0 Å². The molecule has 0 unspecified atom stereocenters. The second kappa shape index (κ2) is 10.8. The number of carbonyl (C=O) groups excluding carboxylic acids is 1. The second-order valence-corrected chi connectivity index (χ2v) is 9.61. The van der Waals surface area contributed by atoms with Crippen molar-refractivity contribution in [2.45, 2.75) is 38.4 Å². The maximum Gasteiger partial charge on any atom is 0.223 e. The van der Waals surface area contributed by atoms with Crippen molar-refractivity contribution in [1.82, 2.24) is 25.0 Å². The van der Waals surface area contributed by atoms with Gasteiger partial charge in [-0.05, 0) is 26.2 Å². The van der Waals surface area contributed by atoms with E-state index in [-0.39, 0.29) is 17.6 Å². The minimum absolute atomic E-state index is 0.149. The first kappa shape index (κ1) is 22.5. The number of piperazine rings is 1. The number of hydrogen-bond acceptors (Lipinski definition) is 6. The van der Waals surface area contributed by atoms with E-state index in [1.165, 1.54) is 10.6 Å². The van der Waals surface area contributed by atoms with Crippen molar-refractivity contribution in [3.63, 3.8) is 0 Å². The van der Waals surface area contributed by atoms with Crippen LogP contribution in [0.1, 0.15) is 38.3 Å². The Kier molecular flexibility index (Phi) is 8.08. The molecule has 0 aromatic carbocycles. The van der Waals surface area contributed by atoms with E-state index in [0.29, 0.717) is 45.0 Å². The summed E-state index contributed by atoms with van der Waals surface area (Å²) in [4.78, 5) is 18.6. The number of sulfonamides is 1. The zero-order chi connectivity index (χ0) is 21.4. The van der Waals surface area contributed by atoms with Gasteiger partial charge in [0.1, 0.15) is 12.0 Å². The maximum atomic E-state index is 12.6. The predicted molar refractivity (Wildman–Crippen MR) is 113 cm³/mol. The molecule has 1 saturated carbocycles. The number of amides is 1. The standard InChI is InChI=1S/C19H32N6O4S/c1-2-20-19(22-9-4-8-21-18(26)16-5-3-6-16)24-10-12-25(13-11-24)30(27,28)15-17-7-14-29-23-17/h7,14,16H,2-6,8-13,15H2,1H3,(H,20,22)(H,21,26). The Morgan fingerprint density at radius 2 is 2.03 bits per heavy atom. The Hall–Kier alpha value is -2.14. The third-order valence-corrected chi connectivity index (χ3v) is 7.27. The van der Waals surface area contributed by atoms with Crippen LogP contribution in [0.5, 0.6) is 0 Å². The summed E-state index contributed by atoms with van der Waals surface area (Å²) in [7, 11) is -3.42. The molecule has 168 valence electrons. The Morgan fingerprint density at radius 3 is 2.63 bits per heavy atom. The highest BCUT2D eigenvalue weighted by molar-refractivity contribution is 7.88. The fourth-order valence-corrected chi connectivity index (χ4v) is 4.91. The van der Waals surface area contributed by atoms with Crippen molar-refractivity contribution in [2.24, 2.45) is 10.9 Å². The second-order valence-electron chi connectivity index (χ2n) is 7.64. The number of hydrogen-bond donors (Lipinski definition) is 2. The van der Waals surface area contributed by atoms with Gasteiger partial charge in [0.05, 0.1) is 5.69 Å². The molecule has 2 aliphatic rings. The van der Waals surface area contributed by atoms with Crippen LogP contribution in [0.3, 0.4) is 0 Å². The Bertz CT molecular complexity index is 799. The first-order valence-corrected chi connectivity index (χ1v) is 12.3. The van der Waals surface area contributed by atoms with Gasteiger partial charge in [0.25, 0.3) is 0 Å². The molecule has 1 aromatic rings. The number of aliphatic imine (C=N–C) groups is 1. The minimum atomic E-state index is -3.42. The largest absolute Gasteiger partial charge is 0.364 e. The molecule has 2 heterocycles. The fraction of sp³-hybridized carbons (Fsp3) is 0.737. The molecule has 2 N–H and O–H groups in total. The van der Waals surface area contributed by atoms with Crippen molar-refractivity contribution in [3.05, 3.63) is 18.0 Å². The van der Waals surface area contributed by atoms with Crippen molar-refractivity contribution in [3.8, 4) is 0 Å². The van der Waals surface area contributed by atoms with Gasteiger partial charge < -0.3 is 20.1 Å². The Labute approximate surface area is 178 Å². The van der Waals surface area contributed by atoms with Crippen molar-refractivity contribution in [1.29, 1.82) is 0 Å². The number of nitrogens with one attached hydrogen (secondary N) is 2. The van der Waals surface area contributed by atoms with Gasteiger partial charge in [0.15, 0.2) is 5.96 Å². The van der Waals surface area contributed by atoms with Gasteiger partial charge in [-0.2, -0.15) is 4.31 Å². The van der Waals surface area contributed by atoms with Crippen molar-refractivity contribution >= 4 is 21.9 Å². The maximum absolute atomic E-state index is 12.6. The van der Waals surface area contributed by atoms with Crippen LogP contribution in [0.15, 0.2) is 21.8 Å². The Balaban J connectivity index is 1.43. The van der Waals surface area contributed by atoms with Crippen LogP contribution in [-0.4, -0.2) is 80.5 Å². The molecule has 0 atom stereocenters.